The zero-order chi connectivity index (χ0) is 17.0. The number of esters is 1. The molecule has 0 bridgehead atoms. The van der Waals surface area contributed by atoms with Gasteiger partial charge < -0.3 is 14.2 Å². The molecule has 130 valence electrons. The molecule has 0 aromatic carbocycles. The van der Waals surface area contributed by atoms with Crippen LogP contribution in [-0.4, -0.2) is 32.6 Å². The zero-order valence-corrected chi connectivity index (χ0v) is 15.1. The first-order valence-electron chi connectivity index (χ1n) is 8.33. The van der Waals surface area contributed by atoms with Gasteiger partial charge in [0, 0.05) is 32.6 Å². The van der Waals surface area contributed by atoms with Crippen LogP contribution in [0, 0.1) is 5.92 Å². The van der Waals surface area contributed by atoms with Crippen LogP contribution in [0.1, 0.15) is 65.7 Å². The van der Waals surface area contributed by atoms with E-state index in [0.29, 0.717) is 18.1 Å². The molecule has 0 N–H and O–H groups in total. The van der Waals surface area contributed by atoms with Crippen molar-refractivity contribution in [2.75, 3.05) is 20.8 Å². The molecule has 0 heterocycles. The molecule has 0 rings (SSSR count). The number of carbonyl (C=O) groups is 1. The van der Waals surface area contributed by atoms with Crippen LogP contribution >= 0.6 is 0 Å². The zero-order valence-electron chi connectivity index (χ0n) is 15.1. The number of carbonyl (C=O) groups excluding carboxylic acids is 1. The Morgan fingerprint density at radius 1 is 1.14 bits per heavy atom. The van der Waals surface area contributed by atoms with Crippen molar-refractivity contribution in [2.24, 2.45) is 5.92 Å². The lowest BCUT2D eigenvalue weighted by atomic mass is 9.97. The summed E-state index contributed by atoms with van der Waals surface area (Å²) in [6, 6.07) is 0. The topological polar surface area (TPSA) is 44.8 Å². The summed E-state index contributed by atoms with van der Waals surface area (Å²) in [4.78, 5) is 11.4. The fourth-order valence-electron chi connectivity index (χ4n) is 2.41. The average Bonchev–Trinajstić information content (AvgIpc) is 2.51. The van der Waals surface area contributed by atoms with Gasteiger partial charge in [-0.3, -0.25) is 0 Å². The maximum Gasteiger partial charge on any atom is 0.333 e. The van der Waals surface area contributed by atoms with E-state index in [9.17, 15) is 4.79 Å². The van der Waals surface area contributed by atoms with E-state index in [1.54, 1.807) is 21.1 Å². The average molecular weight is 314 g/mol. The molecule has 0 spiro atoms. The summed E-state index contributed by atoms with van der Waals surface area (Å²) in [5.41, 5.74) is 0.445. The van der Waals surface area contributed by atoms with Gasteiger partial charge >= 0.3 is 5.97 Å². The van der Waals surface area contributed by atoms with Crippen LogP contribution in [0.3, 0.4) is 0 Å². The summed E-state index contributed by atoms with van der Waals surface area (Å²) in [7, 11) is 3.43. The van der Waals surface area contributed by atoms with Crippen LogP contribution in [0.2, 0.25) is 0 Å². The molecule has 0 aliphatic rings. The number of ether oxygens (including phenoxy) is 3. The highest BCUT2D eigenvalue weighted by Crippen LogP contribution is 2.27. The third kappa shape index (κ3) is 8.54. The van der Waals surface area contributed by atoms with Crippen molar-refractivity contribution in [2.45, 2.75) is 71.5 Å². The third-order valence-corrected chi connectivity index (χ3v) is 4.01. The Morgan fingerprint density at radius 3 is 2.23 bits per heavy atom. The molecule has 0 saturated carbocycles. The Labute approximate surface area is 136 Å². The summed E-state index contributed by atoms with van der Waals surface area (Å²) < 4.78 is 16.4. The fraction of sp³-hybridized carbons (Fsp3) is 0.833. The van der Waals surface area contributed by atoms with Crippen molar-refractivity contribution in [3.63, 3.8) is 0 Å². The van der Waals surface area contributed by atoms with Gasteiger partial charge in [-0.2, -0.15) is 0 Å². The predicted molar refractivity (Wildman–Crippen MR) is 89.7 cm³/mol. The molecule has 4 nitrogen and oxygen atoms in total. The second-order valence-corrected chi connectivity index (χ2v) is 6.15. The first-order valence-corrected chi connectivity index (χ1v) is 8.33. The fourth-order valence-corrected chi connectivity index (χ4v) is 2.41. The van der Waals surface area contributed by atoms with Gasteiger partial charge in [-0.15, -0.1) is 0 Å². The van der Waals surface area contributed by atoms with Gasteiger partial charge in [0.25, 0.3) is 0 Å². The van der Waals surface area contributed by atoms with Crippen LogP contribution in [0.15, 0.2) is 12.2 Å². The molecule has 0 radical (unpaired) electrons. The van der Waals surface area contributed by atoms with E-state index in [2.05, 4.69) is 20.4 Å². The van der Waals surface area contributed by atoms with Gasteiger partial charge in [-0.05, 0) is 32.1 Å². The van der Waals surface area contributed by atoms with E-state index in [1.807, 2.05) is 0 Å². The summed E-state index contributed by atoms with van der Waals surface area (Å²) >= 11 is 0. The van der Waals surface area contributed by atoms with Crippen molar-refractivity contribution >= 4 is 5.97 Å². The summed E-state index contributed by atoms with van der Waals surface area (Å²) in [6.07, 6.45) is 7.25. The molecule has 0 aliphatic heterocycles. The van der Waals surface area contributed by atoms with Crippen LogP contribution < -0.4 is 0 Å². The van der Waals surface area contributed by atoms with Gasteiger partial charge in [0.2, 0.25) is 0 Å². The van der Waals surface area contributed by atoms with Crippen molar-refractivity contribution in [3.05, 3.63) is 12.2 Å². The Hall–Kier alpha value is -0.870. The molecule has 22 heavy (non-hydrogen) atoms. The smallest absolute Gasteiger partial charge is 0.333 e. The minimum absolute atomic E-state index is 0.311. The van der Waals surface area contributed by atoms with Gasteiger partial charge in [0.05, 0.1) is 6.61 Å². The van der Waals surface area contributed by atoms with E-state index in [0.717, 1.165) is 32.1 Å². The minimum Gasteiger partial charge on any atom is -0.462 e. The highest BCUT2D eigenvalue weighted by molar-refractivity contribution is 5.86. The van der Waals surface area contributed by atoms with Crippen molar-refractivity contribution in [3.8, 4) is 0 Å². The molecule has 1 atom stereocenters. The summed E-state index contributed by atoms with van der Waals surface area (Å²) in [5.74, 6) is -0.455. The van der Waals surface area contributed by atoms with Gasteiger partial charge in [-0.1, -0.05) is 33.3 Å². The molecule has 1 unspecified atom stereocenters. The molecular formula is C18H34O4. The molecule has 0 saturated heterocycles. The van der Waals surface area contributed by atoms with Gasteiger partial charge in [0.1, 0.15) is 0 Å². The van der Waals surface area contributed by atoms with Crippen molar-refractivity contribution in [1.82, 2.24) is 0 Å². The van der Waals surface area contributed by atoms with Crippen LogP contribution in [0.25, 0.3) is 0 Å². The molecule has 0 amide bonds. The quantitative estimate of drug-likeness (QED) is 0.217. The second-order valence-electron chi connectivity index (χ2n) is 6.15. The second kappa shape index (κ2) is 11.7. The lowest BCUT2D eigenvalue weighted by molar-refractivity contribution is -0.216. The largest absolute Gasteiger partial charge is 0.462 e. The highest BCUT2D eigenvalue weighted by atomic mass is 16.7. The number of unbranched alkanes of at least 4 members (excludes halogenated alkanes) is 2. The number of hydrogen-bond donors (Lipinski definition) is 0. The Morgan fingerprint density at radius 2 is 1.73 bits per heavy atom. The number of rotatable bonds is 13. The Kier molecular flexibility index (Phi) is 11.2. The standard InChI is InChI=1S/C18H34O4/c1-7-8-9-12-18(20-5,21-6)13-10-11-16(4)14-22-17(19)15(2)3/h16H,2,7-14H2,1,3-6H3. The lowest BCUT2D eigenvalue weighted by Gasteiger charge is -2.31. The lowest BCUT2D eigenvalue weighted by Crippen LogP contribution is -2.33. The molecular weight excluding hydrogens is 280 g/mol. The van der Waals surface area contributed by atoms with E-state index in [1.165, 1.54) is 12.8 Å². The summed E-state index contributed by atoms with van der Waals surface area (Å²) in [5, 5.41) is 0. The molecule has 0 fully saturated rings. The maximum absolute atomic E-state index is 11.4. The SMILES string of the molecule is C=C(C)C(=O)OCC(C)CCCC(CCCCC)(OC)OC. The molecule has 0 aromatic heterocycles. The molecule has 0 aliphatic carbocycles. The van der Waals surface area contributed by atoms with Crippen LogP contribution in [0.5, 0.6) is 0 Å². The van der Waals surface area contributed by atoms with Crippen LogP contribution in [-0.2, 0) is 19.0 Å². The molecule has 0 aromatic rings. The van der Waals surface area contributed by atoms with Gasteiger partial charge in [-0.25, -0.2) is 4.79 Å². The Balaban J connectivity index is 4.10. The number of hydrogen-bond acceptors (Lipinski definition) is 4. The van der Waals surface area contributed by atoms with Crippen molar-refractivity contribution < 1.29 is 19.0 Å². The third-order valence-electron chi connectivity index (χ3n) is 4.01. The van der Waals surface area contributed by atoms with E-state index in [4.69, 9.17) is 14.2 Å². The monoisotopic (exact) mass is 314 g/mol. The first-order chi connectivity index (χ1) is 10.4. The number of methoxy groups -OCH3 is 2. The maximum atomic E-state index is 11.4. The highest BCUT2D eigenvalue weighted by Gasteiger charge is 2.28. The minimum atomic E-state index is -0.469. The van der Waals surface area contributed by atoms with E-state index < -0.39 is 5.79 Å². The normalized spacial score (nSPS) is 13.0. The van der Waals surface area contributed by atoms with Crippen LogP contribution in [0.4, 0.5) is 0 Å². The summed E-state index contributed by atoms with van der Waals surface area (Å²) in [6.45, 7) is 9.96. The van der Waals surface area contributed by atoms with Gasteiger partial charge in [0.15, 0.2) is 5.79 Å². The van der Waals surface area contributed by atoms with Crippen molar-refractivity contribution in [1.29, 1.82) is 0 Å². The van der Waals surface area contributed by atoms with E-state index in [-0.39, 0.29) is 5.97 Å². The van der Waals surface area contributed by atoms with E-state index >= 15 is 0 Å². The Bertz CT molecular complexity index is 321. The first kappa shape index (κ1) is 21.1. The predicted octanol–water partition coefficient (Wildman–Crippen LogP) is 4.48. The molecule has 4 heteroatoms.